The normalized spacial score (nSPS) is 37.5. The molecule has 2 atom stereocenters. The molecule has 0 aromatic rings. The summed E-state index contributed by atoms with van der Waals surface area (Å²) in [6.07, 6.45) is -1.55. The number of rotatable bonds is 2. The van der Waals surface area contributed by atoms with E-state index >= 15 is 0 Å². The fraction of sp³-hybridized carbons (Fsp3) is 1.00. The molecule has 1 rings (SSSR count). The van der Waals surface area contributed by atoms with Gasteiger partial charge in [-0.25, -0.2) is 8.78 Å². The zero-order valence-corrected chi connectivity index (χ0v) is 9.36. The highest BCUT2D eigenvalue weighted by molar-refractivity contribution is 4.93. The number of alkyl halides is 2. The lowest BCUT2D eigenvalue weighted by molar-refractivity contribution is -0.245. The van der Waals surface area contributed by atoms with Crippen LogP contribution >= 0.6 is 0 Å². The maximum absolute atomic E-state index is 14.3. The maximum Gasteiger partial charge on any atom is 0.273 e. The molecular weight excluding hydrogens is 190 g/mol. The average Bonchev–Trinajstić information content (AvgIpc) is 2.22. The van der Waals surface area contributed by atoms with Gasteiger partial charge in [0.15, 0.2) is 5.79 Å². The summed E-state index contributed by atoms with van der Waals surface area (Å²) in [7, 11) is 0. The Kier molecular flexibility index (Phi) is 2.66. The Morgan fingerprint density at radius 3 is 2.14 bits per heavy atom. The van der Waals surface area contributed by atoms with Gasteiger partial charge in [0.2, 0.25) is 0 Å². The lowest BCUT2D eigenvalue weighted by atomic mass is 9.81. The van der Waals surface area contributed by atoms with E-state index in [2.05, 4.69) is 0 Å². The first-order valence-corrected chi connectivity index (χ1v) is 4.85. The molecule has 1 saturated heterocycles. The van der Waals surface area contributed by atoms with Crippen LogP contribution in [0.25, 0.3) is 0 Å². The van der Waals surface area contributed by atoms with Gasteiger partial charge >= 0.3 is 0 Å². The molecule has 84 valence electrons. The smallest absolute Gasteiger partial charge is 0.273 e. The second-order valence-electron chi connectivity index (χ2n) is 4.82. The third-order valence-corrected chi connectivity index (χ3v) is 2.88. The molecular formula is C10H18F2O2. The highest BCUT2D eigenvalue weighted by Crippen LogP contribution is 2.50. The largest absolute Gasteiger partial charge is 0.312 e. The Bertz CT molecular complexity index is 228. The minimum absolute atomic E-state index is 0.476. The highest BCUT2D eigenvalue weighted by atomic mass is 19.2. The van der Waals surface area contributed by atoms with Crippen molar-refractivity contribution < 1.29 is 18.3 Å². The Balaban J connectivity index is 2.96. The van der Waals surface area contributed by atoms with E-state index in [0.29, 0.717) is 6.42 Å². The van der Waals surface area contributed by atoms with Crippen LogP contribution in [0.4, 0.5) is 8.78 Å². The molecule has 1 aliphatic heterocycles. The molecule has 0 aromatic heterocycles. The van der Waals surface area contributed by atoms with Crippen molar-refractivity contribution in [3.8, 4) is 0 Å². The van der Waals surface area contributed by atoms with E-state index in [1.807, 2.05) is 0 Å². The van der Waals surface area contributed by atoms with Crippen LogP contribution in [0.1, 0.15) is 41.0 Å². The summed E-state index contributed by atoms with van der Waals surface area (Å²) in [6.45, 7) is 8.07. The summed E-state index contributed by atoms with van der Waals surface area (Å²) in [6, 6.07) is 0. The second-order valence-corrected chi connectivity index (χ2v) is 4.82. The third kappa shape index (κ3) is 1.65. The van der Waals surface area contributed by atoms with E-state index in [1.165, 1.54) is 13.8 Å². The van der Waals surface area contributed by atoms with Gasteiger partial charge in [0, 0.05) is 5.41 Å². The van der Waals surface area contributed by atoms with Gasteiger partial charge in [0.25, 0.3) is 12.2 Å². The molecule has 2 unspecified atom stereocenters. The molecule has 4 heteroatoms. The van der Waals surface area contributed by atoms with Crippen LogP contribution in [0.3, 0.4) is 0 Å². The van der Waals surface area contributed by atoms with E-state index in [1.54, 1.807) is 20.8 Å². The predicted octanol–water partition coefficient (Wildman–Crippen LogP) is 3.17. The second kappa shape index (κ2) is 3.14. The molecule has 1 heterocycles. The Morgan fingerprint density at radius 2 is 1.86 bits per heavy atom. The van der Waals surface area contributed by atoms with Gasteiger partial charge in [-0.1, -0.05) is 20.8 Å². The van der Waals surface area contributed by atoms with Gasteiger partial charge in [0.1, 0.15) is 0 Å². The summed E-state index contributed by atoms with van der Waals surface area (Å²) >= 11 is 0. The van der Waals surface area contributed by atoms with Gasteiger partial charge in [-0.15, -0.1) is 0 Å². The van der Waals surface area contributed by atoms with Crippen LogP contribution in [0.5, 0.6) is 0 Å². The van der Waals surface area contributed by atoms with E-state index in [4.69, 9.17) is 9.47 Å². The molecule has 14 heavy (non-hydrogen) atoms. The summed E-state index contributed by atoms with van der Waals surface area (Å²) < 4.78 is 37.5. The third-order valence-electron chi connectivity index (χ3n) is 2.88. The number of halogens is 2. The zero-order chi connectivity index (χ0) is 11.2. The molecule has 0 amide bonds. The Morgan fingerprint density at radius 1 is 1.36 bits per heavy atom. The molecule has 0 spiro atoms. The Hall–Kier alpha value is -0.220. The van der Waals surface area contributed by atoms with Crippen molar-refractivity contribution in [2.45, 2.75) is 59.0 Å². The van der Waals surface area contributed by atoms with Crippen molar-refractivity contribution in [2.75, 3.05) is 0 Å². The van der Waals surface area contributed by atoms with Crippen molar-refractivity contribution in [1.29, 1.82) is 0 Å². The number of ether oxygens (including phenoxy) is 2. The van der Waals surface area contributed by atoms with E-state index in [-0.39, 0.29) is 0 Å². The monoisotopic (exact) mass is 208 g/mol. The molecule has 2 nitrogen and oxygen atoms in total. The average molecular weight is 208 g/mol. The van der Waals surface area contributed by atoms with Crippen LogP contribution in [-0.4, -0.2) is 18.0 Å². The van der Waals surface area contributed by atoms with Gasteiger partial charge in [-0.3, -0.25) is 0 Å². The topological polar surface area (TPSA) is 18.5 Å². The molecule has 1 aliphatic rings. The maximum atomic E-state index is 14.3. The van der Waals surface area contributed by atoms with Crippen LogP contribution in [0, 0.1) is 5.41 Å². The van der Waals surface area contributed by atoms with Gasteiger partial charge < -0.3 is 9.47 Å². The molecule has 0 saturated carbocycles. The minimum atomic E-state index is -2.36. The molecule has 0 aliphatic carbocycles. The minimum Gasteiger partial charge on any atom is -0.312 e. The first-order valence-electron chi connectivity index (χ1n) is 4.85. The van der Waals surface area contributed by atoms with E-state index in [0.717, 1.165) is 0 Å². The summed E-state index contributed by atoms with van der Waals surface area (Å²) in [5, 5.41) is 0. The SMILES string of the molecule is CCC(C)(C)C1(F)OC(C)(C)OC1F. The van der Waals surface area contributed by atoms with Gasteiger partial charge in [0.05, 0.1) is 0 Å². The Labute approximate surface area is 83.6 Å². The fourth-order valence-corrected chi connectivity index (χ4v) is 1.44. The van der Waals surface area contributed by atoms with Gasteiger partial charge in [-0.2, -0.15) is 0 Å². The molecule has 1 fully saturated rings. The van der Waals surface area contributed by atoms with Gasteiger partial charge in [-0.05, 0) is 20.3 Å². The summed E-state index contributed by atoms with van der Waals surface area (Å²) in [5.74, 6) is -3.55. The van der Waals surface area contributed by atoms with Crippen molar-refractivity contribution in [2.24, 2.45) is 5.41 Å². The zero-order valence-electron chi connectivity index (χ0n) is 9.36. The number of hydrogen-bond acceptors (Lipinski definition) is 2. The van der Waals surface area contributed by atoms with Crippen molar-refractivity contribution in [1.82, 2.24) is 0 Å². The summed E-state index contributed by atoms with van der Waals surface area (Å²) in [5.41, 5.74) is -0.903. The molecule has 0 N–H and O–H groups in total. The van der Waals surface area contributed by atoms with Crippen LogP contribution in [-0.2, 0) is 9.47 Å². The molecule has 0 bridgehead atoms. The lowest BCUT2D eigenvalue weighted by Crippen LogP contribution is -2.47. The van der Waals surface area contributed by atoms with E-state index in [9.17, 15) is 8.78 Å². The van der Waals surface area contributed by atoms with Crippen LogP contribution in [0.2, 0.25) is 0 Å². The molecule has 0 aromatic carbocycles. The molecule has 0 radical (unpaired) electrons. The highest BCUT2D eigenvalue weighted by Gasteiger charge is 2.62. The van der Waals surface area contributed by atoms with Crippen molar-refractivity contribution in [3.63, 3.8) is 0 Å². The van der Waals surface area contributed by atoms with E-state index < -0.39 is 23.4 Å². The standard InChI is InChI=1S/C10H18F2O2/c1-6-8(2,3)10(12)7(11)13-9(4,5)14-10/h7H,6H2,1-5H3. The lowest BCUT2D eigenvalue weighted by Gasteiger charge is -2.36. The van der Waals surface area contributed by atoms with Crippen LogP contribution in [0.15, 0.2) is 0 Å². The first kappa shape index (κ1) is 11.9. The van der Waals surface area contributed by atoms with Crippen molar-refractivity contribution in [3.05, 3.63) is 0 Å². The first-order chi connectivity index (χ1) is 6.15. The fourth-order valence-electron chi connectivity index (χ4n) is 1.44. The predicted molar refractivity (Wildman–Crippen MR) is 49.1 cm³/mol. The summed E-state index contributed by atoms with van der Waals surface area (Å²) in [4.78, 5) is 0. The quantitative estimate of drug-likeness (QED) is 0.694. The van der Waals surface area contributed by atoms with Crippen LogP contribution < -0.4 is 0 Å². The van der Waals surface area contributed by atoms with Crippen molar-refractivity contribution >= 4 is 0 Å². The number of hydrogen-bond donors (Lipinski definition) is 0.